The van der Waals surface area contributed by atoms with Gasteiger partial charge in [-0.2, -0.15) is 5.10 Å². The molecule has 1 aromatic heterocycles. The topological polar surface area (TPSA) is 57.5 Å². The molecule has 0 aromatic carbocycles. The molecule has 1 aliphatic rings. The quantitative estimate of drug-likeness (QED) is 0.432. The van der Waals surface area contributed by atoms with Crippen molar-refractivity contribution >= 4 is 29.9 Å². The van der Waals surface area contributed by atoms with Crippen LogP contribution in [-0.2, 0) is 13.6 Å². The molecule has 1 aromatic rings. The average molecular weight is 420 g/mol. The molecule has 2 heterocycles. The number of hydrogen-bond donors (Lipinski definition) is 2. The van der Waals surface area contributed by atoms with Crippen LogP contribution in [0.25, 0.3) is 0 Å². The summed E-state index contributed by atoms with van der Waals surface area (Å²) < 4.78 is 1.87. The molecule has 0 spiro atoms. The fourth-order valence-corrected chi connectivity index (χ4v) is 2.78. The number of aryl methyl sites for hydroxylation is 1. The van der Waals surface area contributed by atoms with Gasteiger partial charge >= 0.3 is 0 Å². The minimum atomic E-state index is 0. The number of nitrogens with one attached hydrogen (secondary N) is 2. The number of halogens is 1. The van der Waals surface area contributed by atoms with E-state index in [1.54, 1.807) is 0 Å². The SMILES string of the molecule is CN=C(NCCN1CCCCC1C)NCc1ccnn1C.I. The van der Waals surface area contributed by atoms with Crippen molar-refractivity contribution in [1.82, 2.24) is 25.3 Å². The molecular weight excluding hydrogens is 391 g/mol. The molecule has 22 heavy (non-hydrogen) atoms. The summed E-state index contributed by atoms with van der Waals surface area (Å²) in [4.78, 5) is 6.83. The lowest BCUT2D eigenvalue weighted by molar-refractivity contribution is 0.163. The number of aromatic nitrogens is 2. The highest BCUT2D eigenvalue weighted by Crippen LogP contribution is 2.15. The normalized spacial score (nSPS) is 19.6. The second kappa shape index (κ2) is 10.0. The molecule has 1 saturated heterocycles. The average Bonchev–Trinajstić information content (AvgIpc) is 2.90. The smallest absolute Gasteiger partial charge is 0.191 e. The second-order valence-electron chi connectivity index (χ2n) is 5.68. The van der Waals surface area contributed by atoms with Gasteiger partial charge in [0.15, 0.2) is 5.96 Å². The Morgan fingerprint density at radius 3 is 2.86 bits per heavy atom. The third-order valence-electron chi connectivity index (χ3n) is 4.22. The maximum absolute atomic E-state index is 4.27. The van der Waals surface area contributed by atoms with Gasteiger partial charge in [0.1, 0.15) is 0 Å². The Balaban J connectivity index is 0.00000242. The molecule has 0 saturated carbocycles. The van der Waals surface area contributed by atoms with E-state index in [-0.39, 0.29) is 24.0 Å². The molecule has 2 rings (SSSR count). The Morgan fingerprint density at radius 1 is 1.41 bits per heavy atom. The standard InChI is InChI=1S/C15H28N6.HI/c1-13-6-4-5-10-21(13)11-9-17-15(16-2)18-12-14-7-8-19-20(14)3;/h7-8,13H,4-6,9-12H2,1-3H3,(H2,16,17,18);1H. The Labute approximate surface area is 150 Å². The van der Waals surface area contributed by atoms with Crippen molar-refractivity contribution in [3.05, 3.63) is 18.0 Å². The number of guanidine groups is 1. The predicted octanol–water partition coefficient (Wildman–Crippen LogP) is 1.58. The van der Waals surface area contributed by atoms with Crippen molar-refractivity contribution in [3.8, 4) is 0 Å². The van der Waals surface area contributed by atoms with E-state index in [4.69, 9.17) is 0 Å². The molecule has 1 aliphatic heterocycles. The zero-order valence-corrected chi connectivity index (χ0v) is 16.2. The lowest BCUT2D eigenvalue weighted by atomic mass is 10.0. The van der Waals surface area contributed by atoms with Crippen molar-refractivity contribution in [1.29, 1.82) is 0 Å². The van der Waals surface area contributed by atoms with Crippen LogP contribution >= 0.6 is 24.0 Å². The summed E-state index contributed by atoms with van der Waals surface area (Å²) in [6.45, 7) is 6.29. The predicted molar refractivity (Wildman–Crippen MR) is 102 cm³/mol. The van der Waals surface area contributed by atoms with Crippen LogP contribution in [0.5, 0.6) is 0 Å². The molecule has 1 atom stereocenters. The zero-order chi connectivity index (χ0) is 15.1. The highest BCUT2D eigenvalue weighted by atomic mass is 127. The Morgan fingerprint density at radius 2 is 2.23 bits per heavy atom. The first-order valence-electron chi connectivity index (χ1n) is 7.86. The minimum absolute atomic E-state index is 0. The summed E-state index contributed by atoms with van der Waals surface area (Å²) in [5.74, 6) is 0.848. The first-order chi connectivity index (χ1) is 10.2. The van der Waals surface area contributed by atoms with Crippen molar-refractivity contribution in [2.45, 2.75) is 38.8 Å². The number of rotatable bonds is 5. The van der Waals surface area contributed by atoms with Crippen molar-refractivity contribution in [3.63, 3.8) is 0 Å². The Hall–Kier alpha value is -0.830. The van der Waals surface area contributed by atoms with Crippen LogP contribution in [0.4, 0.5) is 0 Å². The summed E-state index contributed by atoms with van der Waals surface area (Å²) in [5.41, 5.74) is 1.14. The second-order valence-corrected chi connectivity index (χ2v) is 5.68. The van der Waals surface area contributed by atoms with Gasteiger partial charge in [-0.05, 0) is 32.4 Å². The van der Waals surface area contributed by atoms with Crippen LogP contribution in [0.15, 0.2) is 17.3 Å². The van der Waals surface area contributed by atoms with Crippen molar-refractivity contribution in [2.24, 2.45) is 12.0 Å². The molecule has 0 bridgehead atoms. The number of hydrogen-bond acceptors (Lipinski definition) is 3. The Bertz CT molecular complexity index is 459. The molecule has 7 heteroatoms. The Kier molecular flexibility index (Phi) is 8.77. The van der Waals surface area contributed by atoms with Gasteiger partial charge in [-0.1, -0.05) is 6.42 Å². The lowest BCUT2D eigenvalue weighted by Crippen LogP contribution is -2.45. The van der Waals surface area contributed by atoms with Crippen LogP contribution < -0.4 is 10.6 Å². The van der Waals surface area contributed by atoms with E-state index in [9.17, 15) is 0 Å². The lowest BCUT2D eigenvalue weighted by Gasteiger charge is -2.33. The van der Waals surface area contributed by atoms with Gasteiger partial charge < -0.3 is 10.6 Å². The highest BCUT2D eigenvalue weighted by molar-refractivity contribution is 14.0. The summed E-state index contributed by atoms with van der Waals surface area (Å²) in [5, 5.41) is 10.9. The third kappa shape index (κ3) is 5.75. The maximum atomic E-state index is 4.27. The van der Waals surface area contributed by atoms with E-state index in [0.717, 1.165) is 31.3 Å². The zero-order valence-electron chi connectivity index (χ0n) is 13.9. The monoisotopic (exact) mass is 420 g/mol. The van der Waals surface area contributed by atoms with Gasteiger partial charge in [-0.15, -0.1) is 24.0 Å². The van der Waals surface area contributed by atoms with Crippen LogP contribution in [-0.4, -0.2) is 53.4 Å². The van der Waals surface area contributed by atoms with E-state index in [0.29, 0.717) is 6.04 Å². The molecule has 6 nitrogen and oxygen atoms in total. The number of piperidine rings is 1. The van der Waals surface area contributed by atoms with E-state index >= 15 is 0 Å². The van der Waals surface area contributed by atoms with E-state index in [2.05, 4.69) is 32.5 Å². The van der Waals surface area contributed by atoms with Gasteiger partial charge in [-0.3, -0.25) is 14.6 Å². The summed E-state index contributed by atoms with van der Waals surface area (Å²) in [7, 11) is 3.76. The van der Waals surface area contributed by atoms with Crippen LogP contribution in [0.1, 0.15) is 31.9 Å². The van der Waals surface area contributed by atoms with Crippen molar-refractivity contribution < 1.29 is 0 Å². The van der Waals surface area contributed by atoms with Crippen LogP contribution in [0, 0.1) is 0 Å². The fraction of sp³-hybridized carbons (Fsp3) is 0.733. The first-order valence-corrected chi connectivity index (χ1v) is 7.86. The fourth-order valence-electron chi connectivity index (χ4n) is 2.78. The third-order valence-corrected chi connectivity index (χ3v) is 4.22. The molecule has 0 radical (unpaired) electrons. The largest absolute Gasteiger partial charge is 0.355 e. The van der Waals surface area contributed by atoms with E-state index < -0.39 is 0 Å². The van der Waals surface area contributed by atoms with E-state index in [1.165, 1.54) is 25.8 Å². The molecule has 0 amide bonds. The van der Waals surface area contributed by atoms with Gasteiger partial charge in [-0.25, -0.2) is 0 Å². The summed E-state index contributed by atoms with van der Waals surface area (Å²) >= 11 is 0. The molecular formula is C15H29IN6. The van der Waals surface area contributed by atoms with Crippen molar-refractivity contribution in [2.75, 3.05) is 26.7 Å². The van der Waals surface area contributed by atoms with Gasteiger partial charge in [0, 0.05) is 39.4 Å². The number of likely N-dealkylation sites (tertiary alicyclic amines) is 1. The summed E-state index contributed by atoms with van der Waals surface area (Å²) in [6, 6.07) is 2.72. The van der Waals surface area contributed by atoms with E-state index in [1.807, 2.05) is 31.0 Å². The van der Waals surface area contributed by atoms with Gasteiger partial charge in [0.25, 0.3) is 0 Å². The number of aliphatic imine (C=N–C) groups is 1. The highest BCUT2D eigenvalue weighted by Gasteiger charge is 2.17. The van der Waals surface area contributed by atoms with Crippen LogP contribution in [0.3, 0.4) is 0 Å². The summed E-state index contributed by atoms with van der Waals surface area (Å²) in [6.07, 6.45) is 5.84. The molecule has 126 valence electrons. The van der Waals surface area contributed by atoms with Gasteiger partial charge in [0.2, 0.25) is 0 Å². The first kappa shape index (κ1) is 19.2. The van der Waals surface area contributed by atoms with Gasteiger partial charge in [0.05, 0.1) is 12.2 Å². The maximum Gasteiger partial charge on any atom is 0.191 e. The molecule has 2 N–H and O–H groups in total. The molecule has 0 aliphatic carbocycles. The minimum Gasteiger partial charge on any atom is -0.355 e. The van der Waals surface area contributed by atoms with Crippen LogP contribution in [0.2, 0.25) is 0 Å². The molecule has 1 fully saturated rings. The number of nitrogens with zero attached hydrogens (tertiary/aromatic N) is 4. The molecule has 1 unspecified atom stereocenters.